The number of carbonyl (C=O) groups is 1. The van der Waals surface area contributed by atoms with Crippen molar-refractivity contribution in [2.75, 3.05) is 5.32 Å². The van der Waals surface area contributed by atoms with E-state index in [0.29, 0.717) is 11.3 Å². The van der Waals surface area contributed by atoms with Gasteiger partial charge in [0, 0.05) is 11.6 Å². The molecule has 0 unspecified atom stereocenters. The topological polar surface area (TPSA) is 83.6 Å². The highest BCUT2D eigenvalue weighted by Gasteiger charge is 2.17. The van der Waals surface area contributed by atoms with E-state index in [4.69, 9.17) is 0 Å². The zero-order valence-electron chi connectivity index (χ0n) is 10.6. The first-order chi connectivity index (χ1) is 8.47. The fourth-order valence-corrected chi connectivity index (χ4v) is 1.36. The largest absolute Gasteiger partial charge is 0.319 e. The third-order valence-corrected chi connectivity index (χ3v) is 2.34. The van der Waals surface area contributed by atoms with E-state index in [0.717, 1.165) is 5.82 Å². The number of anilines is 1. The maximum Gasteiger partial charge on any atom is 0.258 e. The molecule has 0 aliphatic rings. The van der Waals surface area contributed by atoms with Gasteiger partial charge in [-0.05, 0) is 0 Å². The summed E-state index contributed by atoms with van der Waals surface area (Å²) in [6, 6.07) is 0. The van der Waals surface area contributed by atoms with Gasteiger partial charge in [0.05, 0.1) is 29.8 Å². The van der Waals surface area contributed by atoms with Crippen LogP contribution in [0.15, 0.2) is 24.8 Å². The molecule has 0 aromatic carbocycles. The Kier molecular flexibility index (Phi) is 3.10. The Morgan fingerprint density at radius 2 is 1.89 bits per heavy atom. The molecule has 6 heteroatoms. The number of hydrogen-bond donors (Lipinski definition) is 2. The molecular formula is C12H15N5O. The van der Waals surface area contributed by atoms with E-state index in [2.05, 4.69) is 25.5 Å². The van der Waals surface area contributed by atoms with Crippen LogP contribution < -0.4 is 5.32 Å². The van der Waals surface area contributed by atoms with Crippen molar-refractivity contribution in [3.05, 3.63) is 36.2 Å². The predicted octanol–water partition coefficient (Wildman–Crippen LogP) is 1.75. The first-order valence-electron chi connectivity index (χ1n) is 5.59. The van der Waals surface area contributed by atoms with Crippen molar-refractivity contribution in [2.45, 2.75) is 26.2 Å². The van der Waals surface area contributed by atoms with Crippen molar-refractivity contribution >= 4 is 11.6 Å². The number of rotatable bonds is 2. The van der Waals surface area contributed by atoms with Gasteiger partial charge in [0.15, 0.2) is 0 Å². The number of nitrogens with one attached hydrogen (secondary N) is 2. The zero-order chi connectivity index (χ0) is 13.2. The Morgan fingerprint density at radius 1 is 1.22 bits per heavy atom. The van der Waals surface area contributed by atoms with Crippen LogP contribution in [0, 0.1) is 0 Å². The van der Waals surface area contributed by atoms with E-state index in [1.54, 1.807) is 12.4 Å². The van der Waals surface area contributed by atoms with Crippen molar-refractivity contribution in [2.24, 2.45) is 0 Å². The molecule has 0 aliphatic carbocycles. The number of aromatic amines is 1. The number of hydrogen-bond acceptors (Lipinski definition) is 4. The van der Waals surface area contributed by atoms with E-state index in [-0.39, 0.29) is 11.3 Å². The fraction of sp³-hybridized carbons (Fsp3) is 0.333. The first kappa shape index (κ1) is 12.2. The smallest absolute Gasteiger partial charge is 0.258 e. The van der Waals surface area contributed by atoms with Crippen molar-refractivity contribution in [1.29, 1.82) is 0 Å². The summed E-state index contributed by atoms with van der Waals surface area (Å²) in [5, 5.41) is 9.00. The van der Waals surface area contributed by atoms with Crippen LogP contribution in [-0.2, 0) is 5.41 Å². The van der Waals surface area contributed by atoms with Gasteiger partial charge in [0.2, 0.25) is 0 Å². The van der Waals surface area contributed by atoms with Gasteiger partial charge in [-0.25, -0.2) is 9.97 Å². The Bertz CT molecular complexity index is 525. The molecule has 2 rings (SSSR count). The van der Waals surface area contributed by atoms with Crippen molar-refractivity contribution in [3.8, 4) is 0 Å². The fourth-order valence-electron chi connectivity index (χ4n) is 1.36. The summed E-state index contributed by atoms with van der Waals surface area (Å²) in [6.45, 7) is 6.10. The van der Waals surface area contributed by atoms with Crippen molar-refractivity contribution in [1.82, 2.24) is 20.2 Å². The zero-order valence-corrected chi connectivity index (χ0v) is 10.6. The summed E-state index contributed by atoms with van der Waals surface area (Å²) in [7, 11) is 0. The molecule has 0 aliphatic heterocycles. The maximum absolute atomic E-state index is 11.7. The van der Waals surface area contributed by atoms with Crippen LogP contribution in [0.5, 0.6) is 0 Å². The van der Waals surface area contributed by atoms with E-state index >= 15 is 0 Å². The van der Waals surface area contributed by atoms with Gasteiger partial charge in [0.25, 0.3) is 5.91 Å². The van der Waals surface area contributed by atoms with Crippen LogP contribution in [0.2, 0.25) is 0 Å². The normalized spacial score (nSPS) is 11.3. The highest BCUT2D eigenvalue weighted by molar-refractivity contribution is 6.03. The second kappa shape index (κ2) is 4.56. The van der Waals surface area contributed by atoms with Crippen LogP contribution in [0.4, 0.5) is 5.69 Å². The quantitative estimate of drug-likeness (QED) is 0.844. The van der Waals surface area contributed by atoms with E-state index in [1.165, 1.54) is 12.4 Å². The molecule has 0 radical (unpaired) electrons. The van der Waals surface area contributed by atoms with Crippen molar-refractivity contribution in [3.63, 3.8) is 0 Å². The molecule has 1 amide bonds. The van der Waals surface area contributed by atoms with E-state index in [9.17, 15) is 4.79 Å². The molecule has 0 fully saturated rings. The summed E-state index contributed by atoms with van der Waals surface area (Å²) in [6.07, 6.45) is 6.19. The number of nitrogens with zero attached hydrogens (tertiary/aromatic N) is 3. The number of aromatic nitrogens is 4. The minimum atomic E-state index is -0.240. The van der Waals surface area contributed by atoms with Crippen LogP contribution in [-0.4, -0.2) is 26.1 Å². The van der Waals surface area contributed by atoms with Gasteiger partial charge >= 0.3 is 0 Å². The molecule has 0 saturated carbocycles. The minimum absolute atomic E-state index is 0.104. The molecule has 94 valence electrons. The SMILES string of the molecule is CC(C)(C)c1ncc(NC(=O)c2cn[nH]c2)cn1. The highest BCUT2D eigenvalue weighted by atomic mass is 16.1. The standard InChI is InChI=1S/C12H15N5O/c1-12(2,3)11-13-6-9(7-14-11)17-10(18)8-4-15-16-5-8/h4-7H,1-3H3,(H,15,16)(H,17,18). The lowest BCUT2D eigenvalue weighted by molar-refractivity contribution is 0.102. The van der Waals surface area contributed by atoms with Gasteiger partial charge in [0.1, 0.15) is 5.82 Å². The lowest BCUT2D eigenvalue weighted by Gasteiger charge is -2.16. The summed E-state index contributed by atoms with van der Waals surface area (Å²) < 4.78 is 0. The van der Waals surface area contributed by atoms with Gasteiger partial charge in [-0.15, -0.1) is 0 Å². The number of H-pyrrole nitrogens is 1. The lowest BCUT2D eigenvalue weighted by Crippen LogP contribution is -2.17. The van der Waals surface area contributed by atoms with Gasteiger partial charge < -0.3 is 5.32 Å². The number of amides is 1. The summed E-state index contributed by atoms with van der Waals surface area (Å²) >= 11 is 0. The van der Waals surface area contributed by atoms with Crippen molar-refractivity contribution < 1.29 is 4.79 Å². The third kappa shape index (κ3) is 2.71. The Morgan fingerprint density at radius 3 is 2.39 bits per heavy atom. The Balaban J connectivity index is 2.09. The van der Waals surface area contributed by atoms with Gasteiger partial charge in [-0.3, -0.25) is 9.89 Å². The Labute approximate surface area is 105 Å². The first-order valence-corrected chi connectivity index (χ1v) is 5.59. The monoisotopic (exact) mass is 245 g/mol. The molecule has 0 saturated heterocycles. The average molecular weight is 245 g/mol. The number of carbonyl (C=O) groups excluding carboxylic acids is 1. The molecule has 2 aromatic rings. The molecule has 2 N–H and O–H groups in total. The summed E-state index contributed by atoms with van der Waals surface area (Å²) in [5.41, 5.74) is 0.928. The maximum atomic E-state index is 11.7. The van der Waals surface area contributed by atoms with E-state index in [1.807, 2.05) is 20.8 Å². The average Bonchev–Trinajstić information content (AvgIpc) is 2.82. The molecule has 0 atom stereocenters. The minimum Gasteiger partial charge on any atom is -0.319 e. The van der Waals surface area contributed by atoms with Crippen LogP contribution in [0.1, 0.15) is 37.0 Å². The molecular weight excluding hydrogens is 230 g/mol. The van der Waals surface area contributed by atoms with Crippen LogP contribution in [0.25, 0.3) is 0 Å². The molecule has 2 heterocycles. The summed E-state index contributed by atoms with van der Waals surface area (Å²) in [4.78, 5) is 20.2. The van der Waals surface area contributed by atoms with Gasteiger partial charge in [-0.1, -0.05) is 20.8 Å². The molecule has 0 spiro atoms. The summed E-state index contributed by atoms with van der Waals surface area (Å²) in [5.74, 6) is 0.500. The second-order valence-electron chi connectivity index (χ2n) is 4.99. The molecule has 18 heavy (non-hydrogen) atoms. The van der Waals surface area contributed by atoms with Crippen LogP contribution >= 0.6 is 0 Å². The Hall–Kier alpha value is -2.24. The van der Waals surface area contributed by atoms with E-state index < -0.39 is 0 Å². The lowest BCUT2D eigenvalue weighted by atomic mass is 9.96. The third-order valence-electron chi connectivity index (χ3n) is 2.34. The van der Waals surface area contributed by atoms with Gasteiger partial charge in [-0.2, -0.15) is 5.10 Å². The molecule has 2 aromatic heterocycles. The highest BCUT2D eigenvalue weighted by Crippen LogP contribution is 2.18. The predicted molar refractivity (Wildman–Crippen MR) is 67.3 cm³/mol. The molecule has 0 bridgehead atoms. The van der Waals surface area contributed by atoms with Crippen LogP contribution in [0.3, 0.4) is 0 Å². The second-order valence-corrected chi connectivity index (χ2v) is 4.99. The molecule has 6 nitrogen and oxygen atoms in total.